The quantitative estimate of drug-likeness (QED) is 0.530. The van der Waals surface area contributed by atoms with Crippen molar-refractivity contribution in [3.05, 3.63) is 12.2 Å². The molecule has 0 spiro atoms. The molecule has 0 amide bonds. The summed E-state index contributed by atoms with van der Waals surface area (Å²) in [7, 11) is 0. The molecule has 9 heavy (non-hydrogen) atoms. The fraction of sp³-hybridized carbons (Fsp3) is 0.571. The minimum Gasteiger partial charge on any atom is -0.247 e. The molecule has 0 aliphatic heterocycles. The van der Waals surface area contributed by atoms with Crippen LogP contribution in [0.2, 0.25) is 0 Å². The molecule has 1 unspecified atom stereocenters. The lowest BCUT2D eigenvalue weighted by Crippen LogP contribution is -2.02. The first kappa shape index (κ1) is 8.21. The first-order chi connectivity index (χ1) is 4.04. The highest BCUT2D eigenvalue weighted by Gasteiger charge is 2.08. The lowest BCUT2D eigenvalue weighted by molar-refractivity contribution is -0.143. The molecule has 0 aromatic carbocycles. The van der Waals surface area contributed by atoms with E-state index in [0.29, 0.717) is 0 Å². The number of hydrogen-bond donors (Lipinski definition) is 0. The van der Waals surface area contributed by atoms with E-state index in [4.69, 9.17) is 0 Å². The third-order valence-electron chi connectivity index (χ3n) is 1.31. The van der Waals surface area contributed by atoms with E-state index in [9.17, 15) is 9.90 Å². The second kappa shape index (κ2) is 3.28. The average Bonchev–Trinajstić information content (AvgIpc) is 1.63. The molecule has 0 rings (SSSR count). The normalized spacial score (nSPS) is 12.7. The predicted octanol–water partition coefficient (Wildman–Crippen LogP) is 1.55. The molecule has 0 aliphatic rings. The maximum atomic E-state index is 9.96. The largest absolute Gasteiger partial charge is 0.356 e. The Morgan fingerprint density at radius 3 is 2.22 bits per heavy atom. The molecule has 0 fully saturated rings. The number of hydrogen-bond acceptors (Lipinski definition) is 1. The number of carbonyl (C=O) groups excluding carboxylic acids is 1. The lowest BCUT2D eigenvalue weighted by atomic mass is 10.0. The SMILES string of the molecule is C=C(C)C(C)CC([O])=O. The van der Waals surface area contributed by atoms with E-state index in [2.05, 4.69) is 6.58 Å². The Morgan fingerprint density at radius 1 is 1.67 bits per heavy atom. The Bertz CT molecular complexity index is 127. The van der Waals surface area contributed by atoms with Crippen molar-refractivity contribution in [3.63, 3.8) is 0 Å². The standard InChI is InChI=1S/C7H11O2/c1-5(2)6(3)4-7(8)9/h6H,1,4H2,2-3H3. The van der Waals surface area contributed by atoms with Crippen LogP contribution in [0.3, 0.4) is 0 Å². The van der Waals surface area contributed by atoms with Crippen molar-refractivity contribution in [1.82, 2.24) is 0 Å². The molecule has 2 heteroatoms. The highest BCUT2D eigenvalue weighted by molar-refractivity contribution is 5.66. The van der Waals surface area contributed by atoms with Gasteiger partial charge in [0.05, 0.1) is 6.42 Å². The third-order valence-corrected chi connectivity index (χ3v) is 1.31. The van der Waals surface area contributed by atoms with Gasteiger partial charge in [-0.25, -0.2) is 9.90 Å². The summed E-state index contributed by atoms with van der Waals surface area (Å²) in [6.45, 7) is 7.25. The molecule has 0 bridgehead atoms. The van der Waals surface area contributed by atoms with E-state index < -0.39 is 5.97 Å². The van der Waals surface area contributed by atoms with Gasteiger partial charge in [-0.15, -0.1) is 0 Å². The van der Waals surface area contributed by atoms with Crippen LogP contribution in [0.1, 0.15) is 20.3 Å². The second-order valence-corrected chi connectivity index (χ2v) is 2.32. The van der Waals surface area contributed by atoms with Gasteiger partial charge >= 0.3 is 5.97 Å². The number of carbonyl (C=O) groups is 1. The smallest absolute Gasteiger partial charge is 0.247 e. The van der Waals surface area contributed by atoms with Crippen LogP contribution in [0.5, 0.6) is 0 Å². The number of allylic oxidation sites excluding steroid dienone is 1. The van der Waals surface area contributed by atoms with E-state index >= 15 is 0 Å². The Balaban J connectivity index is 3.63. The van der Waals surface area contributed by atoms with Crippen LogP contribution in [0, 0.1) is 5.92 Å². The van der Waals surface area contributed by atoms with Crippen molar-refractivity contribution in [1.29, 1.82) is 0 Å². The molecular formula is C7H11O2. The van der Waals surface area contributed by atoms with E-state index in [-0.39, 0.29) is 12.3 Å². The highest BCUT2D eigenvalue weighted by Crippen LogP contribution is 2.10. The molecule has 0 aromatic rings. The molecule has 0 aromatic heterocycles. The molecule has 2 nitrogen and oxygen atoms in total. The fourth-order valence-corrected chi connectivity index (χ4v) is 0.424. The van der Waals surface area contributed by atoms with Gasteiger partial charge in [-0.2, -0.15) is 0 Å². The Labute approximate surface area is 55.2 Å². The van der Waals surface area contributed by atoms with Crippen LogP contribution < -0.4 is 0 Å². The Morgan fingerprint density at radius 2 is 2.11 bits per heavy atom. The highest BCUT2D eigenvalue weighted by atomic mass is 16.4. The zero-order chi connectivity index (χ0) is 7.44. The summed E-state index contributed by atoms with van der Waals surface area (Å²) in [4.78, 5) is 9.96. The minimum atomic E-state index is -1.01. The van der Waals surface area contributed by atoms with Gasteiger partial charge in [0.1, 0.15) is 0 Å². The van der Waals surface area contributed by atoms with Gasteiger partial charge in [-0.05, 0) is 12.8 Å². The van der Waals surface area contributed by atoms with Crippen LogP contribution in [-0.2, 0) is 9.90 Å². The predicted molar refractivity (Wildman–Crippen MR) is 34.3 cm³/mol. The van der Waals surface area contributed by atoms with Gasteiger partial charge in [0.25, 0.3) is 0 Å². The molecule has 0 saturated carbocycles. The average molecular weight is 127 g/mol. The fourth-order valence-electron chi connectivity index (χ4n) is 0.424. The van der Waals surface area contributed by atoms with Crippen LogP contribution in [-0.4, -0.2) is 5.97 Å². The zero-order valence-corrected chi connectivity index (χ0v) is 5.81. The van der Waals surface area contributed by atoms with E-state index in [0.717, 1.165) is 5.57 Å². The molecule has 0 heterocycles. The lowest BCUT2D eigenvalue weighted by Gasteiger charge is -2.04. The van der Waals surface area contributed by atoms with Crippen LogP contribution >= 0.6 is 0 Å². The molecule has 0 aliphatic carbocycles. The van der Waals surface area contributed by atoms with Crippen molar-refractivity contribution >= 4 is 5.97 Å². The Kier molecular flexibility index (Phi) is 2.99. The first-order valence-corrected chi connectivity index (χ1v) is 2.89. The van der Waals surface area contributed by atoms with Gasteiger partial charge in [-0.1, -0.05) is 19.1 Å². The maximum absolute atomic E-state index is 9.96. The zero-order valence-electron chi connectivity index (χ0n) is 5.81. The van der Waals surface area contributed by atoms with Crippen LogP contribution in [0.25, 0.3) is 0 Å². The molecule has 0 N–H and O–H groups in total. The first-order valence-electron chi connectivity index (χ1n) is 2.89. The maximum Gasteiger partial charge on any atom is 0.356 e. The van der Waals surface area contributed by atoms with Gasteiger partial charge in [0.15, 0.2) is 0 Å². The van der Waals surface area contributed by atoms with E-state index in [1.807, 2.05) is 13.8 Å². The Hall–Kier alpha value is -0.790. The van der Waals surface area contributed by atoms with Gasteiger partial charge in [0, 0.05) is 0 Å². The van der Waals surface area contributed by atoms with Crippen LogP contribution in [0.4, 0.5) is 0 Å². The van der Waals surface area contributed by atoms with Crippen molar-refractivity contribution in [2.75, 3.05) is 0 Å². The van der Waals surface area contributed by atoms with Crippen molar-refractivity contribution < 1.29 is 9.90 Å². The van der Waals surface area contributed by atoms with Crippen molar-refractivity contribution in [2.24, 2.45) is 5.92 Å². The summed E-state index contributed by atoms with van der Waals surface area (Å²) < 4.78 is 0. The summed E-state index contributed by atoms with van der Waals surface area (Å²) in [5.41, 5.74) is 0.888. The van der Waals surface area contributed by atoms with Crippen molar-refractivity contribution in [3.8, 4) is 0 Å². The summed E-state index contributed by atoms with van der Waals surface area (Å²) in [5.74, 6) is -0.972. The summed E-state index contributed by atoms with van der Waals surface area (Å²) in [6.07, 6.45) is 0.0787. The monoisotopic (exact) mass is 127 g/mol. The molecule has 0 saturated heterocycles. The minimum absolute atomic E-state index is 0.0370. The number of rotatable bonds is 3. The molecular weight excluding hydrogens is 116 g/mol. The third kappa shape index (κ3) is 3.76. The second-order valence-electron chi connectivity index (χ2n) is 2.32. The topological polar surface area (TPSA) is 37.0 Å². The summed E-state index contributed by atoms with van der Waals surface area (Å²) >= 11 is 0. The van der Waals surface area contributed by atoms with Crippen LogP contribution in [0.15, 0.2) is 12.2 Å². The van der Waals surface area contributed by atoms with E-state index in [1.165, 1.54) is 0 Å². The molecule has 51 valence electrons. The molecule has 1 radical (unpaired) electrons. The van der Waals surface area contributed by atoms with Gasteiger partial charge < -0.3 is 0 Å². The van der Waals surface area contributed by atoms with Gasteiger partial charge in [0.2, 0.25) is 0 Å². The summed E-state index contributed by atoms with van der Waals surface area (Å²) in [6, 6.07) is 0. The van der Waals surface area contributed by atoms with E-state index in [1.54, 1.807) is 0 Å². The van der Waals surface area contributed by atoms with Crippen molar-refractivity contribution in [2.45, 2.75) is 20.3 Å². The molecule has 1 atom stereocenters. The summed E-state index contributed by atoms with van der Waals surface area (Å²) in [5, 5.41) is 9.96. The van der Waals surface area contributed by atoms with Gasteiger partial charge in [-0.3, -0.25) is 0 Å².